The Morgan fingerprint density at radius 2 is 1.91 bits per heavy atom. The molecule has 0 aromatic carbocycles. The molecule has 0 spiro atoms. The van der Waals surface area contributed by atoms with Crippen LogP contribution < -0.4 is 0 Å². The van der Waals surface area contributed by atoms with Crippen molar-refractivity contribution < 1.29 is 5.11 Å². The zero-order chi connectivity index (χ0) is 8.59. The Labute approximate surface area is 69.1 Å². The van der Waals surface area contributed by atoms with E-state index < -0.39 is 0 Å². The summed E-state index contributed by atoms with van der Waals surface area (Å²) in [6, 6.07) is 0. The maximum Gasteiger partial charge on any atom is 0.0574 e. The highest BCUT2D eigenvalue weighted by atomic mass is 16.3. The molecule has 0 radical (unpaired) electrons. The molecule has 1 rings (SSSR count). The van der Waals surface area contributed by atoms with Crippen LogP contribution in [-0.2, 0) is 0 Å². The molecule has 0 saturated heterocycles. The maximum absolute atomic E-state index is 9.55. The third-order valence-electron chi connectivity index (χ3n) is 3.20. The van der Waals surface area contributed by atoms with Crippen molar-refractivity contribution in [2.45, 2.75) is 33.3 Å². The Morgan fingerprint density at radius 3 is 2.09 bits per heavy atom. The van der Waals surface area contributed by atoms with Gasteiger partial charge in [0.2, 0.25) is 0 Å². The van der Waals surface area contributed by atoms with Crippen molar-refractivity contribution in [3.05, 3.63) is 12.2 Å². The topological polar surface area (TPSA) is 20.2 Å². The van der Waals surface area contributed by atoms with E-state index in [1.807, 2.05) is 0 Å². The van der Waals surface area contributed by atoms with Gasteiger partial charge in [0.25, 0.3) is 0 Å². The second-order valence-electron chi connectivity index (χ2n) is 3.97. The van der Waals surface area contributed by atoms with Gasteiger partial charge < -0.3 is 5.11 Å². The van der Waals surface area contributed by atoms with Gasteiger partial charge in [0.05, 0.1) is 6.10 Å². The van der Waals surface area contributed by atoms with E-state index in [0.717, 1.165) is 6.42 Å². The van der Waals surface area contributed by atoms with Crippen LogP contribution >= 0.6 is 0 Å². The number of aliphatic hydroxyl groups excluding tert-OH is 1. The van der Waals surface area contributed by atoms with Crippen LogP contribution in [0.4, 0.5) is 0 Å². The number of hydrogen-bond acceptors (Lipinski definition) is 1. The number of rotatable bonds is 1. The lowest BCUT2D eigenvalue weighted by atomic mass is 9.88. The summed E-state index contributed by atoms with van der Waals surface area (Å²) in [7, 11) is 0. The van der Waals surface area contributed by atoms with Crippen molar-refractivity contribution in [2.75, 3.05) is 0 Å². The zero-order valence-electron chi connectivity index (χ0n) is 7.67. The van der Waals surface area contributed by atoms with Gasteiger partial charge in [-0.2, -0.15) is 0 Å². The summed E-state index contributed by atoms with van der Waals surface area (Å²) in [4.78, 5) is 0. The molecule has 1 fully saturated rings. The molecule has 11 heavy (non-hydrogen) atoms. The van der Waals surface area contributed by atoms with Crippen LogP contribution in [0.5, 0.6) is 0 Å². The summed E-state index contributed by atoms with van der Waals surface area (Å²) < 4.78 is 0. The van der Waals surface area contributed by atoms with Gasteiger partial charge in [-0.3, -0.25) is 0 Å². The summed E-state index contributed by atoms with van der Waals surface area (Å²) >= 11 is 0. The molecule has 1 aliphatic rings. The smallest absolute Gasteiger partial charge is 0.0574 e. The molecule has 0 bridgehead atoms. The minimum atomic E-state index is -0.105. The first-order valence-electron chi connectivity index (χ1n) is 4.37. The maximum atomic E-state index is 9.55. The Hall–Kier alpha value is -0.300. The minimum Gasteiger partial charge on any atom is -0.393 e. The van der Waals surface area contributed by atoms with E-state index >= 15 is 0 Å². The fraction of sp³-hybridized carbons (Fsp3) is 0.800. The summed E-state index contributed by atoms with van der Waals surface area (Å²) in [5, 5.41) is 9.55. The van der Waals surface area contributed by atoms with E-state index in [1.54, 1.807) is 0 Å². The molecule has 1 nitrogen and oxygen atoms in total. The van der Waals surface area contributed by atoms with Gasteiger partial charge in [-0.15, -0.1) is 0 Å². The van der Waals surface area contributed by atoms with Gasteiger partial charge in [0, 0.05) is 0 Å². The standard InChI is InChI=1S/C10H18O/c1-6(2)9-5-10(11)8(4)7(9)3/h7-11H,1,5H2,2-4H3. The molecule has 1 aliphatic carbocycles. The molecule has 64 valence electrons. The predicted octanol–water partition coefficient (Wildman–Crippen LogP) is 2.22. The predicted molar refractivity (Wildman–Crippen MR) is 47.3 cm³/mol. The lowest BCUT2D eigenvalue weighted by Gasteiger charge is -2.17. The summed E-state index contributed by atoms with van der Waals surface area (Å²) in [5.74, 6) is 1.58. The first-order chi connectivity index (χ1) is 5.04. The molecule has 0 amide bonds. The van der Waals surface area contributed by atoms with E-state index in [-0.39, 0.29) is 6.10 Å². The normalized spacial score (nSPS) is 44.4. The van der Waals surface area contributed by atoms with Crippen LogP contribution in [0, 0.1) is 17.8 Å². The Kier molecular flexibility index (Phi) is 2.38. The van der Waals surface area contributed by atoms with Crippen LogP contribution in [0.15, 0.2) is 12.2 Å². The Morgan fingerprint density at radius 1 is 1.36 bits per heavy atom. The number of hydrogen-bond donors (Lipinski definition) is 1. The second-order valence-corrected chi connectivity index (χ2v) is 3.97. The monoisotopic (exact) mass is 154 g/mol. The molecular formula is C10H18O. The van der Waals surface area contributed by atoms with E-state index in [4.69, 9.17) is 0 Å². The van der Waals surface area contributed by atoms with Crippen LogP contribution in [0.3, 0.4) is 0 Å². The van der Waals surface area contributed by atoms with Crippen LogP contribution in [-0.4, -0.2) is 11.2 Å². The Balaban J connectivity index is 2.67. The van der Waals surface area contributed by atoms with E-state index in [2.05, 4.69) is 27.4 Å². The fourth-order valence-electron chi connectivity index (χ4n) is 2.06. The van der Waals surface area contributed by atoms with Crippen molar-refractivity contribution in [2.24, 2.45) is 17.8 Å². The van der Waals surface area contributed by atoms with E-state index in [9.17, 15) is 5.11 Å². The minimum absolute atomic E-state index is 0.105. The molecule has 0 aromatic rings. The molecule has 1 heteroatoms. The van der Waals surface area contributed by atoms with Crippen LogP contribution in [0.25, 0.3) is 0 Å². The Bertz CT molecular complexity index is 162. The molecule has 0 aliphatic heterocycles. The SMILES string of the molecule is C=C(C)C1CC(O)C(C)C1C. The van der Waals surface area contributed by atoms with Gasteiger partial charge in [0.1, 0.15) is 0 Å². The number of allylic oxidation sites excluding steroid dienone is 1. The molecule has 4 unspecified atom stereocenters. The van der Waals surface area contributed by atoms with Gasteiger partial charge in [0.15, 0.2) is 0 Å². The quantitative estimate of drug-likeness (QED) is 0.574. The van der Waals surface area contributed by atoms with E-state index in [1.165, 1.54) is 5.57 Å². The zero-order valence-corrected chi connectivity index (χ0v) is 7.67. The first-order valence-corrected chi connectivity index (χ1v) is 4.37. The van der Waals surface area contributed by atoms with Crippen LogP contribution in [0.1, 0.15) is 27.2 Å². The van der Waals surface area contributed by atoms with Gasteiger partial charge in [-0.05, 0) is 31.1 Å². The molecular weight excluding hydrogens is 136 g/mol. The lowest BCUT2D eigenvalue weighted by Crippen LogP contribution is -2.13. The highest BCUT2D eigenvalue weighted by Crippen LogP contribution is 2.39. The fourth-order valence-corrected chi connectivity index (χ4v) is 2.06. The molecule has 1 saturated carbocycles. The summed E-state index contributed by atoms with van der Waals surface area (Å²) in [6.45, 7) is 10.3. The third kappa shape index (κ3) is 1.48. The first kappa shape index (κ1) is 8.79. The number of aliphatic hydroxyl groups is 1. The highest BCUT2D eigenvalue weighted by molar-refractivity contribution is 5.04. The van der Waals surface area contributed by atoms with Gasteiger partial charge in [-0.25, -0.2) is 0 Å². The summed E-state index contributed by atoms with van der Waals surface area (Å²) in [5.41, 5.74) is 1.22. The van der Waals surface area contributed by atoms with Crippen molar-refractivity contribution in [1.82, 2.24) is 0 Å². The molecule has 1 N–H and O–H groups in total. The second kappa shape index (κ2) is 2.98. The van der Waals surface area contributed by atoms with Gasteiger partial charge in [-0.1, -0.05) is 26.0 Å². The highest BCUT2D eigenvalue weighted by Gasteiger charge is 2.36. The van der Waals surface area contributed by atoms with Crippen molar-refractivity contribution in [3.8, 4) is 0 Å². The molecule has 4 atom stereocenters. The van der Waals surface area contributed by atoms with Crippen molar-refractivity contribution >= 4 is 0 Å². The van der Waals surface area contributed by atoms with Gasteiger partial charge >= 0.3 is 0 Å². The summed E-state index contributed by atoms with van der Waals surface area (Å²) in [6.07, 6.45) is 0.809. The lowest BCUT2D eigenvalue weighted by molar-refractivity contribution is 0.130. The largest absolute Gasteiger partial charge is 0.393 e. The van der Waals surface area contributed by atoms with Crippen LogP contribution in [0.2, 0.25) is 0 Å². The van der Waals surface area contributed by atoms with Crippen molar-refractivity contribution in [1.29, 1.82) is 0 Å². The third-order valence-corrected chi connectivity index (χ3v) is 3.20. The van der Waals surface area contributed by atoms with E-state index in [0.29, 0.717) is 17.8 Å². The molecule has 0 heterocycles. The average Bonchev–Trinajstić information content (AvgIpc) is 2.17. The van der Waals surface area contributed by atoms with Crippen molar-refractivity contribution in [3.63, 3.8) is 0 Å². The molecule has 0 aromatic heterocycles. The average molecular weight is 154 g/mol.